The third kappa shape index (κ3) is 3.54. The maximum atomic E-state index is 12.0. The Balaban J connectivity index is 1.56. The summed E-state index contributed by atoms with van der Waals surface area (Å²) >= 11 is 0. The second kappa shape index (κ2) is 7.01. The molecule has 1 aromatic heterocycles. The second-order valence-electron chi connectivity index (χ2n) is 5.45. The van der Waals surface area contributed by atoms with Gasteiger partial charge in [-0.3, -0.25) is 4.79 Å². The smallest absolute Gasteiger partial charge is 0.251 e. The number of methoxy groups -OCH3 is 1. The molecule has 0 radical (unpaired) electrons. The molecular weight excluding hydrogens is 288 g/mol. The standard InChI is InChI=1S/C19H20N2O2/c1-23-16-9-10-18-17(12-16)15(13-21-18)8-5-11-20-19(22)14-6-3-2-4-7-14/h2-4,6-7,9-10,12-13,21H,5,8,11H2,1H3,(H,20,22). The van der Waals surface area contributed by atoms with E-state index in [9.17, 15) is 4.79 Å². The maximum absolute atomic E-state index is 12.0. The van der Waals surface area contributed by atoms with Crippen molar-refractivity contribution in [3.05, 3.63) is 65.9 Å². The zero-order valence-corrected chi connectivity index (χ0v) is 13.1. The molecule has 0 saturated carbocycles. The highest BCUT2D eigenvalue weighted by Gasteiger charge is 2.06. The van der Waals surface area contributed by atoms with Crippen LogP contribution in [0, 0.1) is 0 Å². The average molecular weight is 308 g/mol. The Bertz CT molecular complexity index is 793. The summed E-state index contributed by atoms with van der Waals surface area (Å²) < 4.78 is 5.28. The van der Waals surface area contributed by atoms with E-state index in [1.807, 2.05) is 54.7 Å². The topological polar surface area (TPSA) is 54.1 Å². The fraction of sp³-hybridized carbons (Fsp3) is 0.211. The van der Waals surface area contributed by atoms with Crippen molar-refractivity contribution >= 4 is 16.8 Å². The number of amides is 1. The van der Waals surface area contributed by atoms with Crippen molar-refractivity contribution in [3.63, 3.8) is 0 Å². The number of aryl methyl sites for hydroxylation is 1. The minimum Gasteiger partial charge on any atom is -0.497 e. The molecule has 118 valence electrons. The molecule has 0 aliphatic carbocycles. The minimum atomic E-state index is -0.0220. The second-order valence-corrected chi connectivity index (χ2v) is 5.45. The van der Waals surface area contributed by atoms with E-state index >= 15 is 0 Å². The predicted molar refractivity (Wildman–Crippen MR) is 91.9 cm³/mol. The summed E-state index contributed by atoms with van der Waals surface area (Å²) in [4.78, 5) is 15.2. The monoisotopic (exact) mass is 308 g/mol. The number of hydrogen-bond donors (Lipinski definition) is 2. The Hall–Kier alpha value is -2.75. The lowest BCUT2D eigenvalue weighted by Crippen LogP contribution is -2.24. The number of fused-ring (bicyclic) bond motifs is 1. The summed E-state index contributed by atoms with van der Waals surface area (Å²) in [6.07, 6.45) is 3.83. The molecule has 0 aliphatic rings. The molecule has 0 atom stereocenters. The third-order valence-corrected chi connectivity index (χ3v) is 3.92. The highest BCUT2D eigenvalue weighted by Crippen LogP contribution is 2.24. The number of benzene rings is 2. The van der Waals surface area contributed by atoms with Gasteiger partial charge in [-0.05, 0) is 48.7 Å². The number of hydrogen-bond acceptors (Lipinski definition) is 2. The van der Waals surface area contributed by atoms with Gasteiger partial charge < -0.3 is 15.0 Å². The van der Waals surface area contributed by atoms with E-state index in [0.29, 0.717) is 12.1 Å². The highest BCUT2D eigenvalue weighted by atomic mass is 16.5. The Morgan fingerprint density at radius 3 is 2.78 bits per heavy atom. The Kier molecular flexibility index (Phi) is 4.62. The van der Waals surface area contributed by atoms with Crippen LogP contribution in [0.1, 0.15) is 22.3 Å². The number of aromatic amines is 1. The van der Waals surface area contributed by atoms with Gasteiger partial charge in [-0.2, -0.15) is 0 Å². The normalized spacial score (nSPS) is 10.7. The fourth-order valence-electron chi connectivity index (χ4n) is 2.66. The van der Waals surface area contributed by atoms with Crippen molar-refractivity contribution in [2.45, 2.75) is 12.8 Å². The van der Waals surface area contributed by atoms with E-state index in [-0.39, 0.29) is 5.91 Å². The molecule has 1 heterocycles. The Morgan fingerprint density at radius 2 is 2.00 bits per heavy atom. The number of carbonyl (C=O) groups excluding carboxylic acids is 1. The van der Waals surface area contributed by atoms with Gasteiger partial charge >= 0.3 is 0 Å². The van der Waals surface area contributed by atoms with E-state index in [2.05, 4.69) is 10.3 Å². The number of H-pyrrole nitrogens is 1. The molecular formula is C19H20N2O2. The first-order valence-corrected chi connectivity index (χ1v) is 7.75. The van der Waals surface area contributed by atoms with Crippen LogP contribution in [0.2, 0.25) is 0 Å². The zero-order chi connectivity index (χ0) is 16.1. The van der Waals surface area contributed by atoms with Gasteiger partial charge in [-0.15, -0.1) is 0 Å². The van der Waals surface area contributed by atoms with Gasteiger partial charge in [0, 0.05) is 29.2 Å². The number of carbonyl (C=O) groups is 1. The molecule has 1 amide bonds. The van der Waals surface area contributed by atoms with Crippen LogP contribution in [0.4, 0.5) is 0 Å². The molecule has 23 heavy (non-hydrogen) atoms. The third-order valence-electron chi connectivity index (χ3n) is 3.92. The molecule has 0 saturated heterocycles. The van der Waals surface area contributed by atoms with Crippen molar-refractivity contribution < 1.29 is 9.53 Å². The zero-order valence-electron chi connectivity index (χ0n) is 13.1. The largest absolute Gasteiger partial charge is 0.497 e. The van der Waals surface area contributed by atoms with Crippen molar-refractivity contribution in [1.29, 1.82) is 0 Å². The van der Waals surface area contributed by atoms with Crippen LogP contribution in [-0.4, -0.2) is 24.5 Å². The van der Waals surface area contributed by atoms with E-state index in [1.165, 1.54) is 10.9 Å². The Morgan fingerprint density at radius 1 is 1.17 bits per heavy atom. The SMILES string of the molecule is COc1ccc2[nH]cc(CCCNC(=O)c3ccccc3)c2c1. The highest BCUT2D eigenvalue weighted by molar-refractivity contribution is 5.94. The molecule has 2 aromatic carbocycles. The van der Waals surface area contributed by atoms with Crippen LogP contribution < -0.4 is 10.1 Å². The lowest BCUT2D eigenvalue weighted by Gasteiger charge is -2.05. The van der Waals surface area contributed by atoms with Crippen LogP contribution in [0.25, 0.3) is 10.9 Å². The summed E-state index contributed by atoms with van der Waals surface area (Å²) in [7, 11) is 1.67. The number of aromatic nitrogens is 1. The first-order chi connectivity index (χ1) is 11.3. The molecule has 4 nitrogen and oxygen atoms in total. The van der Waals surface area contributed by atoms with Crippen LogP contribution in [0.3, 0.4) is 0 Å². The number of rotatable bonds is 6. The Labute approximate surface area is 135 Å². The first-order valence-electron chi connectivity index (χ1n) is 7.75. The van der Waals surface area contributed by atoms with Gasteiger partial charge in [0.2, 0.25) is 0 Å². The summed E-state index contributed by atoms with van der Waals surface area (Å²) in [6, 6.07) is 15.3. The van der Waals surface area contributed by atoms with E-state index < -0.39 is 0 Å². The first kappa shape index (κ1) is 15.2. The summed E-state index contributed by atoms with van der Waals surface area (Å²) in [5.41, 5.74) is 3.05. The van der Waals surface area contributed by atoms with Crippen molar-refractivity contribution in [2.75, 3.05) is 13.7 Å². The molecule has 0 aliphatic heterocycles. The average Bonchev–Trinajstić information content (AvgIpc) is 3.01. The van der Waals surface area contributed by atoms with Crippen molar-refractivity contribution in [1.82, 2.24) is 10.3 Å². The van der Waals surface area contributed by atoms with Crippen LogP contribution >= 0.6 is 0 Å². The van der Waals surface area contributed by atoms with Crippen LogP contribution in [0.5, 0.6) is 5.75 Å². The molecule has 0 bridgehead atoms. The van der Waals surface area contributed by atoms with Crippen LogP contribution in [-0.2, 0) is 6.42 Å². The lowest BCUT2D eigenvalue weighted by atomic mass is 10.1. The molecule has 0 unspecified atom stereocenters. The van der Waals surface area contributed by atoms with Gasteiger partial charge in [0.1, 0.15) is 5.75 Å². The minimum absolute atomic E-state index is 0.0220. The predicted octanol–water partition coefficient (Wildman–Crippen LogP) is 3.54. The van der Waals surface area contributed by atoms with Gasteiger partial charge in [0.15, 0.2) is 0 Å². The maximum Gasteiger partial charge on any atom is 0.251 e. The van der Waals surface area contributed by atoms with Gasteiger partial charge in [-0.1, -0.05) is 18.2 Å². The quantitative estimate of drug-likeness (QED) is 0.684. The van der Waals surface area contributed by atoms with Gasteiger partial charge in [0.05, 0.1) is 7.11 Å². The number of nitrogens with one attached hydrogen (secondary N) is 2. The van der Waals surface area contributed by atoms with Gasteiger partial charge in [0.25, 0.3) is 5.91 Å². The van der Waals surface area contributed by atoms with Crippen LogP contribution in [0.15, 0.2) is 54.7 Å². The fourth-order valence-corrected chi connectivity index (χ4v) is 2.66. The molecule has 2 N–H and O–H groups in total. The summed E-state index contributed by atoms with van der Waals surface area (Å²) in [5.74, 6) is 0.835. The van der Waals surface area contributed by atoms with E-state index in [1.54, 1.807) is 7.11 Å². The van der Waals surface area contributed by atoms with Crippen molar-refractivity contribution in [3.8, 4) is 5.75 Å². The molecule has 4 heteroatoms. The molecule has 3 aromatic rings. The lowest BCUT2D eigenvalue weighted by molar-refractivity contribution is 0.0953. The van der Waals surface area contributed by atoms with E-state index in [0.717, 1.165) is 24.1 Å². The number of ether oxygens (including phenoxy) is 1. The van der Waals surface area contributed by atoms with Crippen molar-refractivity contribution in [2.24, 2.45) is 0 Å². The molecule has 0 fully saturated rings. The summed E-state index contributed by atoms with van der Waals surface area (Å²) in [5, 5.41) is 4.14. The molecule has 0 spiro atoms. The summed E-state index contributed by atoms with van der Waals surface area (Å²) in [6.45, 7) is 0.657. The van der Waals surface area contributed by atoms with E-state index in [4.69, 9.17) is 4.74 Å². The van der Waals surface area contributed by atoms with Gasteiger partial charge in [-0.25, -0.2) is 0 Å². The molecule has 3 rings (SSSR count).